The zero-order chi connectivity index (χ0) is 16.7. The van der Waals surface area contributed by atoms with Gasteiger partial charge in [0, 0.05) is 30.8 Å². The van der Waals surface area contributed by atoms with Gasteiger partial charge < -0.3 is 15.2 Å². The second-order valence-electron chi connectivity index (χ2n) is 6.51. The highest BCUT2D eigenvalue weighted by Crippen LogP contribution is 2.19. The van der Waals surface area contributed by atoms with Crippen LogP contribution in [0.15, 0.2) is 4.99 Å². The van der Waals surface area contributed by atoms with Gasteiger partial charge in [0.2, 0.25) is 0 Å². The van der Waals surface area contributed by atoms with Gasteiger partial charge in [-0.3, -0.25) is 0 Å². The van der Waals surface area contributed by atoms with Crippen molar-refractivity contribution < 1.29 is 0 Å². The molecule has 1 aromatic heterocycles. The first kappa shape index (κ1) is 21.5. The Morgan fingerprint density at radius 2 is 2.04 bits per heavy atom. The molecule has 8 heteroatoms. The maximum absolute atomic E-state index is 4.69. The van der Waals surface area contributed by atoms with Crippen LogP contribution in [-0.4, -0.2) is 44.8 Å². The standard InChI is InChI=1S/C16H30N6S.HI/c1-5-17-15(19-12-16(2,3)23-4)18-11-14-21-20-13-9-7-6-8-10-22(13)14;/h5-12H2,1-4H3,(H2,17,18,19);1H. The number of aromatic nitrogens is 3. The largest absolute Gasteiger partial charge is 0.357 e. The average Bonchev–Trinajstić information content (AvgIpc) is 2.77. The molecular formula is C16H31IN6S. The van der Waals surface area contributed by atoms with Crippen molar-refractivity contribution in [2.24, 2.45) is 4.99 Å². The average molecular weight is 466 g/mol. The van der Waals surface area contributed by atoms with E-state index in [4.69, 9.17) is 4.99 Å². The van der Waals surface area contributed by atoms with Gasteiger partial charge in [0.15, 0.2) is 11.8 Å². The van der Waals surface area contributed by atoms with Crippen LogP contribution in [0.1, 0.15) is 51.7 Å². The first-order valence-electron chi connectivity index (χ1n) is 8.54. The van der Waals surface area contributed by atoms with E-state index in [9.17, 15) is 0 Å². The lowest BCUT2D eigenvalue weighted by Crippen LogP contribution is -2.43. The minimum atomic E-state index is 0. The number of fused-ring (bicyclic) bond motifs is 1. The Balaban J connectivity index is 0.00000288. The molecule has 0 spiro atoms. The van der Waals surface area contributed by atoms with Crippen molar-refractivity contribution in [1.29, 1.82) is 0 Å². The first-order chi connectivity index (χ1) is 11.1. The summed E-state index contributed by atoms with van der Waals surface area (Å²) in [4.78, 5) is 4.69. The summed E-state index contributed by atoms with van der Waals surface area (Å²) in [6.07, 6.45) is 6.88. The van der Waals surface area contributed by atoms with Gasteiger partial charge in [-0.1, -0.05) is 6.42 Å². The van der Waals surface area contributed by atoms with E-state index in [0.717, 1.165) is 43.7 Å². The number of nitrogens with zero attached hydrogens (tertiary/aromatic N) is 4. The summed E-state index contributed by atoms with van der Waals surface area (Å²) in [7, 11) is 0. The lowest BCUT2D eigenvalue weighted by molar-refractivity contribution is 0.604. The number of thioether (sulfide) groups is 1. The molecule has 0 fully saturated rings. The van der Waals surface area contributed by atoms with Crippen LogP contribution in [0.25, 0.3) is 0 Å². The molecule has 2 rings (SSSR count). The highest BCUT2D eigenvalue weighted by molar-refractivity contribution is 14.0. The number of guanidine groups is 1. The normalized spacial score (nSPS) is 15.2. The maximum atomic E-state index is 4.69. The predicted molar refractivity (Wildman–Crippen MR) is 113 cm³/mol. The van der Waals surface area contributed by atoms with Crippen LogP contribution in [0.3, 0.4) is 0 Å². The van der Waals surface area contributed by atoms with Gasteiger partial charge >= 0.3 is 0 Å². The first-order valence-corrected chi connectivity index (χ1v) is 9.76. The van der Waals surface area contributed by atoms with E-state index >= 15 is 0 Å². The number of hydrogen-bond acceptors (Lipinski definition) is 4. The van der Waals surface area contributed by atoms with E-state index in [1.807, 2.05) is 11.8 Å². The topological polar surface area (TPSA) is 67.1 Å². The summed E-state index contributed by atoms with van der Waals surface area (Å²) in [6, 6.07) is 0. The summed E-state index contributed by atoms with van der Waals surface area (Å²) >= 11 is 1.85. The molecule has 0 aromatic carbocycles. The van der Waals surface area contributed by atoms with Crippen LogP contribution in [0.4, 0.5) is 0 Å². The second kappa shape index (κ2) is 10.5. The number of aryl methyl sites for hydroxylation is 1. The number of rotatable bonds is 6. The van der Waals surface area contributed by atoms with Crippen molar-refractivity contribution in [3.63, 3.8) is 0 Å². The SMILES string of the molecule is CCNC(=NCc1nnc2n1CCCCC2)NCC(C)(C)SC.I. The van der Waals surface area contributed by atoms with Crippen molar-refractivity contribution >= 4 is 41.7 Å². The van der Waals surface area contributed by atoms with Gasteiger partial charge in [-0.2, -0.15) is 11.8 Å². The van der Waals surface area contributed by atoms with Crippen LogP contribution in [0.2, 0.25) is 0 Å². The summed E-state index contributed by atoms with van der Waals surface area (Å²) in [5.74, 6) is 2.94. The number of aliphatic imine (C=N–C) groups is 1. The molecule has 2 N–H and O–H groups in total. The van der Waals surface area contributed by atoms with Crippen molar-refractivity contribution in [1.82, 2.24) is 25.4 Å². The van der Waals surface area contributed by atoms with Crippen LogP contribution in [0.5, 0.6) is 0 Å². The molecule has 24 heavy (non-hydrogen) atoms. The lowest BCUT2D eigenvalue weighted by atomic mass is 10.2. The molecule has 1 aliphatic rings. The Labute approximate surface area is 167 Å². The van der Waals surface area contributed by atoms with E-state index in [1.165, 1.54) is 19.3 Å². The minimum absolute atomic E-state index is 0. The van der Waals surface area contributed by atoms with Crippen molar-refractivity contribution in [3.05, 3.63) is 11.6 Å². The summed E-state index contributed by atoms with van der Waals surface area (Å²) < 4.78 is 2.44. The molecule has 0 bridgehead atoms. The molecule has 0 unspecified atom stereocenters. The summed E-state index contributed by atoms with van der Waals surface area (Å²) in [5, 5.41) is 15.4. The van der Waals surface area contributed by atoms with E-state index in [1.54, 1.807) is 0 Å². The molecule has 0 radical (unpaired) electrons. The van der Waals surface area contributed by atoms with Crippen LogP contribution in [0, 0.1) is 0 Å². The van der Waals surface area contributed by atoms with Gasteiger partial charge in [0.25, 0.3) is 0 Å². The number of nitrogens with one attached hydrogen (secondary N) is 2. The minimum Gasteiger partial charge on any atom is -0.357 e. The molecule has 2 heterocycles. The smallest absolute Gasteiger partial charge is 0.191 e. The van der Waals surface area contributed by atoms with Crippen molar-refractivity contribution in [2.45, 2.75) is 64.3 Å². The molecule has 0 aliphatic carbocycles. The van der Waals surface area contributed by atoms with Crippen molar-refractivity contribution in [3.8, 4) is 0 Å². The highest BCUT2D eigenvalue weighted by atomic mass is 127. The lowest BCUT2D eigenvalue weighted by Gasteiger charge is -2.23. The molecule has 0 atom stereocenters. The van der Waals surface area contributed by atoms with Gasteiger partial charge in [0.1, 0.15) is 12.4 Å². The third kappa shape index (κ3) is 6.42. The monoisotopic (exact) mass is 466 g/mol. The van der Waals surface area contributed by atoms with Crippen LogP contribution >= 0.6 is 35.7 Å². The quantitative estimate of drug-likeness (QED) is 0.384. The Morgan fingerprint density at radius 3 is 2.75 bits per heavy atom. The van der Waals surface area contributed by atoms with E-state index in [-0.39, 0.29) is 28.7 Å². The Bertz CT molecular complexity index is 529. The van der Waals surface area contributed by atoms with E-state index in [2.05, 4.69) is 52.4 Å². The number of hydrogen-bond donors (Lipinski definition) is 2. The van der Waals surface area contributed by atoms with Gasteiger partial charge in [-0.05, 0) is 39.9 Å². The van der Waals surface area contributed by atoms with Gasteiger partial charge in [-0.25, -0.2) is 4.99 Å². The fourth-order valence-corrected chi connectivity index (χ4v) is 2.74. The Morgan fingerprint density at radius 1 is 1.25 bits per heavy atom. The summed E-state index contributed by atoms with van der Waals surface area (Å²) in [6.45, 7) is 9.86. The third-order valence-electron chi connectivity index (χ3n) is 4.14. The number of halogens is 1. The Kier molecular flexibility index (Phi) is 9.40. The highest BCUT2D eigenvalue weighted by Gasteiger charge is 2.17. The van der Waals surface area contributed by atoms with Gasteiger partial charge in [-0.15, -0.1) is 34.2 Å². The molecule has 1 aliphatic heterocycles. The van der Waals surface area contributed by atoms with E-state index < -0.39 is 0 Å². The summed E-state index contributed by atoms with van der Waals surface area (Å²) in [5.41, 5.74) is 0. The fraction of sp³-hybridized carbons (Fsp3) is 0.812. The molecule has 0 saturated heterocycles. The van der Waals surface area contributed by atoms with Gasteiger partial charge in [0.05, 0.1) is 0 Å². The molecule has 1 aromatic rings. The van der Waals surface area contributed by atoms with E-state index in [0.29, 0.717) is 6.54 Å². The predicted octanol–water partition coefficient (Wildman–Crippen LogP) is 2.82. The molecule has 0 amide bonds. The van der Waals surface area contributed by atoms with Crippen LogP contribution < -0.4 is 10.6 Å². The Hall–Kier alpha value is -0.510. The van der Waals surface area contributed by atoms with Crippen LogP contribution in [-0.2, 0) is 19.5 Å². The fourth-order valence-electron chi connectivity index (χ4n) is 2.52. The molecule has 138 valence electrons. The maximum Gasteiger partial charge on any atom is 0.191 e. The van der Waals surface area contributed by atoms with Crippen molar-refractivity contribution in [2.75, 3.05) is 19.3 Å². The molecule has 0 saturated carbocycles. The zero-order valence-electron chi connectivity index (χ0n) is 15.3. The molecule has 6 nitrogen and oxygen atoms in total. The zero-order valence-corrected chi connectivity index (χ0v) is 18.4. The third-order valence-corrected chi connectivity index (χ3v) is 5.39. The molecular weight excluding hydrogens is 435 g/mol. The second-order valence-corrected chi connectivity index (χ2v) is 8.02.